The predicted molar refractivity (Wildman–Crippen MR) is 231 cm³/mol. The van der Waals surface area contributed by atoms with Gasteiger partial charge >= 0.3 is 0 Å². The van der Waals surface area contributed by atoms with E-state index in [1.54, 1.807) is 0 Å². The van der Waals surface area contributed by atoms with Crippen molar-refractivity contribution < 1.29 is 4.42 Å². The number of nitrogens with zero attached hydrogens (tertiary/aromatic N) is 2. The molecule has 2 N–H and O–H groups in total. The smallest absolute Gasteiger partial charge is 0.157 e. The first-order valence-corrected chi connectivity index (χ1v) is 18.6. The third-order valence-corrected chi connectivity index (χ3v) is 10.6. The Kier molecular flexibility index (Phi) is 8.00. The molecule has 10 aromatic rings. The molecule has 55 heavy (non-hydrogen) atoms. The van der Waals surface area contributed by atoms with Crippen molar-refractivity contribution in [2.75, 3.05) is 0 Å². The SMILES string of the molecule is NC(=NC(=NCc1ccccc1)c1ccc2ccccc2c1)c1ccc(-c2ccc(-c3cccc4oc5ccccc5c34)c3ccccc23)c2ccccc12. The first-order valence-electron chi connectivity index (χ1n) is 18.6. The molecular weight excluding hydrogens is 671 g/mol. The fourth-order valence-electron chi connectivity index (χ4n) is 7.97. The summed E-state index contributed by atoms with van der Waals surface area (Å²) in [5.74, 6) is 1.02. The molecule has 0 aliphatic rings. The van der Waals surface area contributed by atoms with Crippen molar-refractivity contribution in [2.24, 2.45) is 15.7 Å². The number of furan rings is 1. The van der Waals surface area contributed by atoms with Crippen LogP contribution < -0.4 is 5.73 Å². The fourth-order valence-corrected chi connectivity index (χ4v) is 7.97. The van der Waals surface area contributed by atoms with E-state index in [4.69, 9.17) is 20.1 Å². The summed E-state index contributed by atoms with van der Waals surface area (Å²) in [7, 11) is 0. The molecule has 0 atom stereocenters. The number of aliphatic imine (C=N–C) groups is 2. The van der Waals surface area contributed by atoms with Gasteiger partial charge in [-0.2, -0.15) is 0 Å². The zero-order valence-electron chi connectivity index (χ0n) is 30.0. The molecule has 0 aliphatic carbocycles. The Hall–Kier alpha value is -7.30. The zero-order valence-corrected chi connectivity index (χ0v) is 30.0. The van der Waals surface area contributed by atoms with Crippen LogP contribution in [0.5, 0.6) is 0 Å². The lowest BCUT2D eigenvalue weighted by Crippen LogP contribution is -2.17. The average Bonchev–Trinajstić information content (AvgIpc) is 3.64. The molecule has 0 unspecified atom stereocenters. The van der Waals surface area contributed by atoms with Crippen molar-refractivity contribution in [3.05, 3.63) is 205 Å². The fraction of sp³-hybridized carbons (Fsp3) is 0.0196. The minimum Gasteiger partial charge on any atom is -0.456 e. The van der Waals surface area contributed by atoms with E-state index in [1.807, 2.05) is 30.3 Å². The summed E-state index contributed by atoms with van der Waals surface area (Å²) in [5.41, 5.74) is 16.3. The van der Waals surface area contributed by atoms with E-state index < -0.39 is 0 Å². The summed E-state index contributed by atoms with van der Waals surface area (Å²) in [6.07, 6.45) is 0. The van der Waals surface area contributed by atoms with Crippen LogP contribution in [0, 0.1) is 0 Å². The van der Waals surface area contributed by atoms with Crippen molar-refractivity contribution in [3.63, 3.8) is 0 Å². The number of nitrogens with two attached hydrogens (primary N) is 1. The van der Waals surface area contributed by atoms with Crippen LogP contribution in [0.1, 0.15) is 16.7 Å². The van der Waals surface area contributed by atoms with Gasteiger partial charge in [0.05, 0.1) is 6.54 Å². The van der Waals surface area contributed by atoms with Crippen molar-refractivity contribution >= 4 is 65.9 Å². The van der Waals surface area contributed by atoms with Gasteiger partial charge < -0.3 is 10.2 Å². The van der Waals surface area contributed by atoms with Crippen molar-refractivity contribution in [3.8, 4) is 22.3 Å². The highest BCUT2D eigenvalue weighted by Crippen LogP contribution is 2.43. The highest BCUT2D eigenvalue weighted by atomic mass is 16.3. The van der Waals surface area contributed by atoms with Gasteiger partial charge in [0, 0.05) is 21.9 Å². The van der Waals surface area contributed by atoms with E-state index in [-0.39, 0.29) is 0 Å². The average molecular weight is 706 g/mol. The Morgan fingerprint density at radius 1 is 0.455 bits per heavy atom. The van der Waals surface area contributed by atoms with Gasteiger partial charge in [0.15, 0.2) is 5.84 Å². The number of hydrogen-bond donors (Lipinski definition) is 1. The monoisotopic (exact) mass is 705 g/mol. The van der Waals surface area contributed by atoms with Gasteiger partial charge in [0.2, 0.25) is 0 Å². The van der Waals surface area contributed by atoms with Crippen molar-refractivity contribution in [2.45, 2.75) is 6.54 Å². The summed E-state index contributed by atoms with van der Waals surface area (Å²) in [6.45, 7) is 0.494. The van der Waals surface area contributed by atoms with Gasteiger partial charge in [-0.3, -0.25) is 4.99 Å². The molecule has 0 aliphatic heterocycles. The molecule has 1 heterocycles. The van der Waals surface area contributed by atoms with Crippen molar-refractivity contribution in [1.82, 2.24) is 0 Å². The van der Waals surface area contributed by atoms with Gasteiger partial charge in [0.25, 0.3) is 0 Å². The molecule has 0 amide bonds. The van der Waals surface area contributed by atoms with Crippen LogP contribution in [0.3, 0.4) is 0 Å². The second kappa shape index (κ2) is 13.6. The van der Waals surface area contributed by atoms with Gasteiger partial charge in [0.1, 0.15) is 17.0 Å². The van der Waals surface area contributed by atoms with Crippen LogP contribution in [0.2, 0.25) is 0 Å². The molecular formula is C51H35N3O. The van der Waals surface area contributed by atoms with Crippen molar-refractivity contribution in [1.29, 1.82) is 0 Å². The Labute approximate surface area is 318 Å². The molecule has 1 aromatic heterocycles. The quantitative estimate of drug-likeness (QED) is 0.138. The lowest BCUT2D eigenvalue weighted by molar-refractivity contribution is 0.669. The lowest BCUT2D eigenvalue weighted by atomic mass is 9.88. The van der Waals surface area contributed by atoms with E-state index in [1.165, 1.54) is 21.7 Å². The van der Waals surface area contributed by atoms with Gasteiger partial charge in [-0.25, -0.2) is 4.99 Å². The van der Waals surface area contributed by atoms with Crippen LogP contribution in [-0.4, -0.2) is 11.7 Å². The third kappa shape index (κ3) is 5.81. The molecule has 0 bridgehead atoms. The summed E-state index contributed by atoms with van der Waals surface area (Å²) >= 11 is 0. The summed E-state index contributed by atoms with van der Waals surface area (Å²) < 4.78 is 6.27. The molecule has 4 nitrogen and oxygen atoms in total. The second-order valence-corrected chi connectivity index (χ2v) is 13.9. The van der Waals surface area contributed by atoms with E-state index in [2.05, 4.69) is 158 Å². The van der Waals surface area contributed by atoms with Crippen LogP contribution in [-0.2, 0) is 6.54 Å². The zero-order chi connectivity index (χ0) is 36.7. The van der Waals surface area contributed by atoms with E-state index in [0.717, 1.165) is 71.5 Å². The first-order chi connectivity index (χ1) is 27.2. The summed E-state index contributed by atoms with van der Waals surface area (Å²) in [6, 6.07) is 65.5. The highest BCUT2D eigenvalue weighted by Gasteiger charge is 2.18. The molecule has 10 rings (SSSR count). The Balaban J connectivity index is 1.10. The molecule has 0 spiro atoms. The third-order valence-electron chi connectivity index (χ3n) is 10.6. The second-order valence-electron chi connectivity index (χ2n) is 13.9. The Bertz CT molecular complexity index is 3140. The van der Waals surface area contributed by atoms with E-state index in [9.17, 15) is 0 Å². The van der Waals surface area contributed by atoms with Gasteiger partial charge in [-0.05, 0) is 78.3 Å². The van der Waals surface area contributed by atoms with Crippen LogP contribution in [0.15, 0.2) is 202 Å². The molecule has 0 radical (unpaired) electrons. The largest absolute Gasteiger partial charge is 0.456 e. The number of benzene rings is 9. The molecule has 260 valence electrons. The Morgan fingerprint density at radius 3 is 1.80 bits per heavy atom. The highest BCUT2D eigenvalue weighted by molar-refractivity contribution is 6.20. The lowest BCUT2D eigenvalue weighted by Gasteiger charge is -2.16. The topological polar surface area (TPSA) is 63.9 Å². The molecule has 0 saturated carbocycles. The van der Waals surface area contributed by atoms with E-state index in [0.29, 0.717) is 18.2 Å². The normalized spacial score (nSPS) is 12.4. The van der Waals surface area contributed by atoms with Crippen LogP contribution in [0.4, 0.5) is 0 Å². The molecule has 4 heteroatoms. The molecule has 9 aromatic carbocycles. The predicted octanol–water partition coefficient (Wildman–Crippen LogP) is 12.7. The number of fused-ring (bicyclic) bond motifs is 6. The van der Waals surface area contributed by atoms with Gasteiger partial charge in [-0.1, -0.05) is 170 Å². The summed E-state index contributed by atoms with van der Waals surface area (Å²) in [5, 5.41) is 9.05. The maximum Gasteiger partial charge on any atom is 0.157 e. The Morgan fingerprint density at radius 2 is 1.04 bits per heavy atom. The number of amidine groups is 2. The maximum atomic E-state index is 6.98. The maximum absolute atomic E-state index is 6.98. The molecule has 0 fully saturated rings. The van der Waals surface area contributed by atoms with Gasteiger partial charge in [-0.15, -0.1) is 0 Å². The van der Waals surface area contributed by atoms with Crippen LogP contribution in [0.25, 0.3) is 76.5 Å². The molecule has 0 saturated heterocycles. The number of para-hydroxylation sites is 1. The van der Waals surface area contributed by atoms with Crippen LogP contribution >= 0.6 is 0 Å². The van der Waals surface area contributed by atoms with E-state index >= 15 is 0 Å². The number of rotatable bonds is 6. The minimum atomic E-state index is 0.420. The number of hydrogen-bond acceptors (Lipinski definition) is 2. The minimum absolute atomic E-state index is 0.420. The standard InChI is InChI=1S/C51H35N3O/c52-50(54-51(53-32-33-13-2-1-3-14-33)36-26-25-34-15-4-5-16-35(34)31-36)45-30-29-42(39-19-8-9-20-40(39)45)41-27-28-43(38-18-7-6-17-37(38)41)44-22-12-24-48-49(44)46-21-10-11-23-47(46)55-48/h1-31H,32H2,(H2,52,53,54). The summed E-state index contributed by atoms with van der Waals surface area (Å²) in [4.78, 5) is 10.1. The first kappa shape index (κ1) is 32.4.